The van der Waals surface area contributed by atoms with Crippen LogP contribution in [0.5, 0.6) is 0 Å². The summed E-state index contributed by atoms with van der Waals surface area (Å²) in [5, 5.41) is 0. The zero-order chi connectivity index (χ0) is 38.0. The van der Waals surface area contributed by atoms with Gasteiger partial charge in [-0.3, -0.25) is 9.59 Å². The standard InChI is InChI=1S/C42H67NO10/c1-10-27-13-12-14-35(53-37-18-17-34(43(6)7)24(4)49-37)23(3)38(45)33-21-31-29(32(33)22-36(44)51-27)16-15-26-19-28(20-30(26)31)52-42-41(48-11-2)40(47-9)39(46-8)25(5)50-42/h15-16,21,23-32,34-35,37,39-42H,10-14,17-20,22H2,1-9H3/t23-,24-,25+,26-,27+,28-,29-,30-,31-,32+,34+,35+,37+,39+,40-,41-,42+/m1/s1. The maximum atomic E-state index is 14.7. The van der Waals surface area contributed by atoms with E-state index in [0.717, 1.165) is 50.5 Å². The van der Waals surface area contributed by atoms with Gasteiger partial charge in [-0.2, -0.15) is 0 Å². The summed E-state index contributed by atoms with van der Waals surface area (Å²) in [6, 6.07) is 0.338. The minimum atomic E-state index is -0.589. The van der Waals surface area contributed by atoms with Crippen LogP contribution in [0.4, 0.5) is 0 Å². The highest BCUT2D eigenvalue weighted by molar-refractivity contribution is 5.99. The van der Waals surface area contributed by atoms with Gasteiger partial charge < -0.3 is 42.8 Å². The zero-order valence-corrected chi connectivity index (χ0v) is 33.6. The van der Waals surface area contributed by atoms with Crippen LogP contribution < -0.4 is 0 Å². The van der Waals surface area contributed by atoms with Gasteiger partial charge in [0, 0.05) is 38.7 Å². The molecule has 0 amide bonds. The quantitative estimate of drug-likeness (QED) is 0.198. The van der Waals surface area contributed by atoms with Gasteiger partial charge in [-0.15, -0.1) is 0 Å². The molecule has 300 valence electrons. The molecule has 0 aromatic heterocycles. The number of likely N-dealkylation sites (N-methyl/N-ethyl adjacent to an activating group) is 1. The van der Waals surface area contributed by atoms with Crippen LogP contribution in [-0.4, -0.2) is 119 Å². The molecule has 3 saturated heterocycles. The molecule has 53 heavy (non-hydrogen) atoms. The van der Waals surface area contributed by atoms with Crippen molar-refractivity contribution in [2.75, 3.05) is 34.9 Å². The van der Waals surface area contributed by atoms with Gasteiger partial charge in [0.1, 0.15) is 24.4 Å². The summed E-state index contributed by atoms with van der Waals surface area (Å²) >= 11 is 0. The molecule has 17 atom stereocenters. The third-order valence-corrected chi connectivity index (χ3v) is 13.3. The van der Waals surface area contributed by atoms with Gasteiger partial charge in [0.2, 0.25) is 0 Å². The maximum Gasteiger partial charge on any atom is 0.306 e. The molecule has 3 heterocycles. The largest absolute Gasteiger partial charge is 0.462 e. The first-order valence-electron chi connectivity index (χ1n) is 20.6. The SMILES string of the molecule is CCO[C@H]1[C@H](O[C@H]2C[C@H]3[C@@H]4C=C5C(=O)[C@H](C)[C@@H](O[C@H]6CC[C@H](N(C)C)[C@@H](C)O6)CCC[C@H](CC)OC(=O)C[C@H]5[C@@H]4C=C[C@@H]3C2)O[C@@H](C)[C@H](OC)[C@H]1OC. The van der Waals surface area contributed by atoms with E-state index in [4.69, 9.17) is 37.9 Å². The summed E-state index contributed by atoms with van der Waals surface area (Å²) < 4.78 is 50.1. The first-order chi connectivity index (χ1) is 25.5. The van der Waals surface area contributed by atoms with E-state index in [-0.39, 0.29) is 96.8 Å². The minimum absolute atomic E-state index is 0.0377. The highest BCUT2D eigenvalue weighted by atomic mass is 16.7. The van der Waals surface area contributed by atoms with Crippen molar-refractivity contribution in [1.29, 1.82) is 0 Å². The molecule has 0 radical (unpaired) electrons. The van der Waals surface area contributed by atoms with Crippen molar-refractivity contribution in [2.24, 2.45) is 35.5 Å². The van der Waals surface area contributed by atoms with Gasteiger partial charge >= 0.3 is 5.97 Å². The summed E-state index contributed by atoms with van der Waals surface area (Å²) in [4.78, 5) is 30.4. The molecular formula is C42H67NO10. The Kier molecular flexibility index (Phi) is 13.9. The third-order valence-electron chi connectivity index (χ3n) is 13.3. The molecule has 6 rings (SSSR count). The first kappa shape index (κ1) is 40.9. The maximum absolute atomic E-state index is 14.7. The van der Waals surface area contributed by atoms with Crippen LogP contribution >= 0.6 is 0 Å². The molecule has 0 spiro atoms. The van der Waals surface area contributed by atoms with Crippen LogP contribution in [-0.2, 0) is 47.5 Å². The summed E-state index contributed by atoms with van der Waals surface area (Å²) in [6.45, 7) is 10.6. The van der Waals surface area contributed by atoms with E-state index in [1.165, 1.54) is 0 Å². The van der Waals surface area contributed by atoms with Crippen molar-refractivity contribution < 1.29 is 47.5 Å². The number of esters is 1. The fourth-order valence-corrected chi connectivity index (χ4v) is 10.5. The predicted octanol–water partition coefficient (Wildman–Crippen LogP) is 5.88. The normalized spacial score (nSPS) is 45.1. The van der Waals surface area contributed by atoms with Crippen LogP contribution in [0.25, 0.3) is 0 Å². The van der Waals surface area contributed by atoms with Gasteiger partial charge in [0.15, 0.2) is 18.4 Å². The van der Waals surface area contributed by atoms with Crippen LogP contribution in [0.1, 0.15) is 92.4 Å². The van der Waals surface area contributed by atoms with Gasteiger partial charge in [0.05, 0.1) is 30.8 Å². The molecule has 0 N–H and O–H groups in total. The van der Waals surface area contributed by atoms with E-state index < -0.39 is 12.4 Å². The number of ketones is 1. The molecule has 11 heteroatoms. The Hall–Kier alpha value is -1.70. The number of Topliss-reactive ketones (excluding diaryl/α,β-unsaturated/α-hetero) is 1. The van der Waals surface area contributed by atoms with Crippen molar-refractivity contribution >= 4 is 11.8 Å². The molecule has 1 saturated carbocycles. The molecule has 3 aliphatic carbocycles. The second kappa shape index (κ2) is 18.0. The Morgan fingerprint density at radius 1 is 0.849 bits per heavy atom. The minimum Gasteiger partial charge on any atom is -0.462 e. The topological polar surface area (TPSA) is 111 Å². The van der Waals surface area contributed by atoms with E-state index in [0.29, 0.717) is 25.0 Å². The highest BCUT2D eigenvalue weighted by Crippen LogP contribution is 2.54. The third kappa shape index (κ3) is 8.83. The summed E-state index contributed by atoms with van der Waals surface area (Å²) in [7, 11) is 7.53. The average molecular weight is 746 g/mol. The van der Waals surface area contributed by atoms with E-state index in [1.807, 2.05) is 20.8 Å². The van der Waals surface area contributed by atoms with Crippen LogP contribution in [0, 0.1) is 35.5 Å². The Balaban J connectivity index is 1.21. The fourth-order valence-electron chi connectivity index (χ4n) is 10.5. The summed E-state index contributed by atoms with van der Waals surface area (Å²) in [5.74, 6) is 0.0198. The zero-order valence-electron chi connectivity index (χ0n) is 33.6. The number of allylic oxidation sites excluding steroid dienone is 4. The van der Waals surface area contributed by atoms with Crippen molar-refractivity contribution in [3.8, 4) is 0 Å². The van der Waals surface area contributed by atoms with Gasteiger partial charge in [-0.25, -0.2) is 0 Å². The summed E-state index contributed by atoms with van der Waals surface area (Å²) in [5.41, 5.74) is 0.765. The number of hydrogen-bond donors (Lipinski definition) is 0. The van der Waals surface area contributed by atoms with Crippen molar-refractivity contribution in [3.05, 3.63) is 23.8 Å². The number of methoxy groups -OCH3 is 2. The Labute approximate surface area is 317 Å². The summed E-state index contributed by atoms with van der Waals surface area (Å²) in [6.07, 6.45) is 10.9. The van der Waals surface area contributed by atoms with Crippen LogP contribution in [0.3, 0.4) is 0 Å². The number of rotatable bonds is 10. The molecular weight excluding hydrogens is 678 g/mol. The number of carbonyl (C=O) groups is 2. The molecule has 0 aromatic carbocycles. The van der Waals surface area contributed by atoms with Crippen LogP contribution in [0.2, 0.25) is 0 Å². The van der Waals surface area contributed by atoms with E-state index in [9.17, 15) is 9.59 Å². The lowest BCUT2D eigenvalue weighted by Gasteiger charge is -2.44. The molecule has 11 nitrogen and oxygen atoms in total. The van der Waals surface area contributed by atoms with E-state index in [1.54, 1.807) is 14.2 Å². The fraction of sp³-hybridized carbons (Fsp3) is 0.857. The molecule has 0 unspecified atom stereocenters. The number of cyclic esters (lactones) is 1. The molecule has 0 bridgehead atoms. The molecule has 4 fully saturated rings. The van der Waals surface area contributed by atoms with E-state index >= 15 is 0 Å². The Morgan fingerprint density at radius 2 is 1.62 bits per heavy atom. The smallest absolute Gasteiger partial charge is 0.306 e. The van der Waals surface area contributed by atoms with Crippen molar-refractivity contribution in [1.82, 2.24) is 4.90 Å². The van der Waals surface area contributed by atoms with Crippen molar-refractivity contribution in [2.45, 2.75) is 160 Å². The number of carbonyl (C=O) groups excluding carboxylic acids is 2. The van der Waals surface area contributed by atoms with Gasteiger partial charge in [-0.1, -0.05) is 32.1 Å². The lowest BCUT2D eigenvalue weighted by Crippen LogP contribution is -2.60. The second-order valence-electron chi connectivity index (χ2n) is 16.7. The lowest BCUT2D eigenvalue weighted by atomic mass is 9.70. The first-order valence-corrected chi connectivity index (χ1v) is 20.6. The second-order valence-corrected chi connectivity index (χ2v) is 16.7. The van der Waals surface area contributed by atoms with Gasteiger partial charge in [0.25, 0.3) is 0 Å². The van der Waals surface area contributed by atoms with Gasteiger partial charge in [-0.05, 0) is 115 Å². The molecule has 3 aliphatic heterocycles. The van der Waals surface area contributed by atoms with E-state index in [2.05, 4.69) is 51.1 Å². The van der Waals surface area contributed by atoms with Crippen molar-refractivity contribution in [3.63, 3.8) is 0 Å². The Bertz CT molecular complexity index is 1300. The number of nitrogens with zero attached hydrogens (tertiary/aromatic N) is 1. The Morgan fingerprint density at radius 3 is 2.30 bits per heavy atom. The predicted molar refractivity (Wildman–Crippen MR) is 199 cm³/mol. The molecule has 0 aromatic rings. The number of ether oxygens (including phenoxy) is 8. The lowest BCUT2D eigenvalue weighted by molar-refractivity contribution is -0.317. The number of fused-ring (bicyclic) bond motifs is 5. The van der Waals surface area contributed by atoms with Crippen LogP contribution in [0.15, 0.2) is 23.8 Å². The monoisotopic (exact) mass is 745 g/mol. The average Bonchev–Trinajstić information content (AvgIpc) is 3.71. The number of hydrogen-bond acceptors (Lipinski definition) is 11. The molecule has 6 aliphatic rings. The highest BCUT2D eigenvalue weighted by Gasteiger charge is 2.53.